The van der Waals surface area contributed by atoms with Crippen LogP contribution in [0.25, 0.3) is 0 Å². The Morgan fingerprint density at radius 3 is 2.74 bits per heavy atom. The van der Waals surface area contributed by atoms with Crippen molar-refractivity contribution < 1.29 is 14.7 Å². The van der Waals surface area contributed by atoms with Gasteiger partial charge in [0.25, 0.3) is 0 Å². The van der Waals surface area contributed by atoms with E-state index in [0.29, 0.717) is 12.3 Å². The molecular weight excluding hydrogens is 262 g/mol. The van der Waals surface area contributed by atoms with Gasteiger partial charge in [0.05, 0.1) is 12.5 Å². The molecule has 0 unspecified atom stereocenters. The van der Waals surface area contributed by atoms with E-state index in [9.17, 15) is 9.59 Å². The van der Waals surface area contributed by atoms with Gasteiger partial charge in [-0.2, -0.15) is 0 Å². The van der Waals surface area contributed by atoms with Gasteiger partial charge in [0.15, 0.2) is 0 Å². The minimum atomic E-state index is -0.889. The normalized spacial score (nSPS) is 17.3. The van der Waals surface area contributed by atoms with E-state index < -0.39 is 12.0 Å². The number of nitrogens with one attached hydrogen (secondary N) is 1. The Balaban J connectivity index is 1.91. The zero-order valence-electron chi connectivity index (χ0n) is 10.8. The molecule has 0 radical (unpaired) electrons. The van der Waals surface area contributed by atoms with Crippen LogP contribution in [0.5, 0.6) is 0 Å². The Labute approximate surface area is 116 Å². The smallest absolute Gasteiger partial charge is 0.305 e. The van der Waals surface area contributed by atoms with Crippen molar-refractivity contribution in [1.29, 1.82) is 0 Å². The summed E-state index contributed by atoms with van der Waals surface area (Å²) in [6.07, 6.45) is 5.13. The van der Waals surface area contributed by atoms with Gasteiger partial charge in [-0.25, -0.2) is 0 Å². The number of carbonyl (C=O) groups is 2. The van der Waals surface area contributed by atoms with Crippen LogP contribution in [0.1, 0.15) is 49.4 Å². The average molecular weight is 281 g/mol. The van der Waals surface area contributed by atoms with Crippen LogP contribution < -0.4 is 5.32 Å². The lowest BCUT2D eigenvalue weighted by Gasteiger charge is -2.17. The van der Waals surface area contributed by atoms with Crippen LogP contribution in [-0.2, 0) is 9.59 Å². The lowest BCUT2D eigenvalue weighted by molar-refractivity contribution is -0.137. The van der Waals surface area contributed by atoms with Gasteiger partial charge >= 0.3 is 5.97 Å². The molecule has 0 aliphatic heterocycles. The molecule has 1 fully saturated rings. The van der Waals surface area contributed by atoms with Crippen LogP contribution in [0.15, 0.2) is 17.5 Å². The maximum atomic E-state index is 12.0. The van der Waals surface area contributed by atoms with Gasteiger partial charge in [-0.15, -0.1) is 11.3 Å². The first-order valence-electron chi connectivity index (χ1n) is 6.69. The molecule has 1 heterocycles. The second-order valence-electron chi connectivity index (χ2n) is 5.09. The number of amides is 1. The topological polar surface area (TPSA) is 66.4 Å². The Morgan fingerprint density at radius 1 is 1.42 bits per heavy atom. The monoisotopic (exact) mass is 281 g/mol. The van der Waals surface area contributed by atoms with Crippen molar-refractivity contribution in [3.63, 3.8) is 0 Å². The molecule has 2 rings (SSSR count). The molecular formula is C14H19NO3S. The first-order valence-corrected chi connectivity index (χ1v) is 7.57. The largest absolute Gasteiger partial charge is 0.481 e. The number of carbonyl (C=O) groups excluding carboxylic acids is 1. The summed E-state index contributed by atoms with van der Waals surface area (Å²) in [5.41, 5.74) is 0. The quantitative estimate of drug-likeness (QED) is 0.842. The highest BCUT2D eigenvalue weighted by atomic mass is 32.1. The average Bonchev–Trinajstić information content (AvgIpc) is 2.99. The van der Waals surface area contributed by atoms with Crippen LogP contribution >= 0.6 is 11.3 Å². The maximum Gasteiger partial charge on any atom is 0.305 e. The van der Waals surface area contributed by atoms with Crippen molar-refractivity contribution in [3.05, 3.63) is 22.4 Å². The fourth-order valence-electron chi connectivity index (χ4n) is 2.62. The van der Waals surface area contributed by atoms with Crippen molar-refractivity contribution in [2.24, 2.45) is 5.92 Å². The molecule has 5 heteroatoms. The summed E-state index contributed by atoms with van der Waals surface area (Å²) in [5.74, 6) is -0.431. The van der Waals surface area contributed by atoms with E-state index in [1.807, 2.05) is 17.5 Å². The predicted molar refractivity (Wildman–Crippen MR) is 74.0 cm³/mol. The Morgan fingerprint density at radius 2 is 2.16 bits per heavy atom. The first-order chi connectivity index (χ1) is 9.15. The number of rotatable bonds is 6. The molecule has 1 aliphatic rings. The van der Waals surface area contributed by atoms with E-state index in [-0.39, 0.29) is 12.3 Å². The SMILES string of the molecule is O=C(O)C[C@H](NC(=O)CC1CCCC1)c1cccs1. The fraction of sp³-hybridized carbons (Fsp3) is 0.571. The molecule has 0 bridgehead atoms. The minimum Gasteiger partial charge on any atom is -0.481 e. The van der Waals surface area contributed by atoms with Gasteiger partial charge in [0, 0.05) is 11.3 Å². The van der Waals surface area contributed by atoms with Gasteiger partial charge in [0.1, 0.15) is 0 Å². The molecule has 1 aromatic heterocycles. The van der Waals surface area contributed by atoms with Crippen LogP contribution in [0.4, 0.5) is 0 Å². The summed E-state index contributed by atoms with van der Waals surface area (Å²) in [7, 11) is 0. The number of aliphatic carboxylic acids is 1. The third-order valence-corrected chi connectivity index (χ3v) is 4.54. The number of carboxylic acids is 1. The lowest BCUT2D eigenvalue weighted by Crippen LogP contribution is -2.30. The standard InChI is InChI=1S/C14H19NO3S/c16-13(8-10-4-1-2-5-10)15-11(9-14(17)18)12-6-3-7-19-12/h3,6-7,10-11H,1-2,4-5,8-9H2,(H,15,16)(H,17,18)/t11-/m0/s1. The van der Waals surface area contributed by atoms with Crippen LogP contribution in [0, 0.1) is 5.92 Å². The number of hydrogen-bond donors (Lipinski definition) is 2. The molecule has 0 saturated heterocycles. The van der Waals surface area contributed by atoms with Crippen molar-refractivity contribution in [3.8, 4) is 0 Å². The van der Waals surface area contributed by atoms with Gasteiger partial charge in [-0.3, -0.25) is 9.59 Å². The fourth-order valence-corrected chi connectivity index (χ4v) is 3.39. The molecule has 2 N–H and O–H groups in total. The summed E-state index contributed by atoms with van der Waals surface area (Å²) >= 11 is 1.48. The summed E-state index contributed by atoms with van der Waals surface area (Å²) in [5, 5.41) is 13.7. The van der Waals surface area contributed by atoms with E-state index in [4.69, 9.17) is 5.11 Å². The molecule has 0 aromatic carbocycles. The molecule has 104 valence electrons. The molecule has 1 saturated carbocycles. The predicted octanol–water partition coefficient (Wildman–Crippen LogP) is 2.96. The Hall–Kier alpha value is -1.36. The van der Waals surface area contributed by atoms with Gasteiger partial charge in [0.2, 0.25) is 5.91 Å². The Bertz CT molecular complexity index is 424. The lowest BCUT2D eigenvalue weighted by atomic mass is 10.0. The third-order valence-electron chi connectivity index (χ3n) is 3.55. The van der Waals surface area contributed by atoms with E-state index in [1.54, 1.807) is 0 Å². The van der Waals surface area contributed by atoms with Crippen LogP contribution in [-0.4, -0.2) is 17.0 Å². The molecule has 0 spiro atoms. The number of thiophene rings is 1. The zero-order valence-corrected chi connectivity index (χ0v) is 11.6. The minimum absolute atomic E-state index is 0.0217. The molecule has 4 nitrogen and oxygen atoms in total. The van der Waals surface area contributed by atoms with Gasteiger partial charge in [-0.1, -0.05) is 18.9 Å². The highest BCUT2D eigenvalue weighted by Crippen LogP contribution is 2.28. The van der Waals surface area contributed by atoms with E-state index in [2.05, 4.69) is 5.32 Å². The second kappa shape index (κ2) is 6.70. The molecule has 1 aromatic rings. The summed E-state index contributed by atoms with van der Waals surface area (Å²) in [6, 6.07) is 3.35. The summed E-state index contributed by atoms with van der Waals surface area (Å²) in [6.45, 7) is 0. The highest BCUT2D eigenvalue weighted by Gasteiger charge is 2.22. The summed E-state index contributed by atoms with van der Waals surface area (Å²) in [4.78, 5) is 23.8. The maximum absolute atomic E-state index is 12.0. The zero-order chi connectivity index (χ0) is 13.7. The third kappa shape index (κ3) is 4.35. The van der Waals surface area contributed by atoms with Crippen molar-refractivity contribution in [2.75, 3.05) is 0 Å². The van der Waals surface area contributed by atoms with Crippen molar-refractivity contribution in [1.82, 2.24) is 5.32 Å². The van der Waals surface area contributed by atoms with Crippen molar-refractivity contribution in [2.45, 2.75) is 44.6 Å². The molecule has 1 atom stereocenters. The first kappa shape index (κ1) is 14.1. The van der Waals surface area contributed by atoms with Crippen LogP contribution in [0.2, 0.25) is 0 Å². The highest BCUT2D eigenvalue weighted by molar-refractivity contribution is 7.10. The number of hydrogen-bond acceptors (Lipinski definition) is 3. The summed E-state index contributed by atoms with van der Waals surface area (Å²) < 4.78 is 0. The molecule has 1 amide bonds. The van der Waals surface area contributed by atoms with E-state index in [1.165, 1.54) is 24.2 Å². The van der Waals surface area contributed by atoms with E-state index >= 15 is 0 Å². The number of carboxylic acid groups (broad SMARTS) is 1. The van der Waals surface area contributed by atoms with Gasteiger partial charge in [-0.05, 0) is 30.2 Å². The second-order valence-corrected chi connectivity index (χ2v) is 6.07. The Kier molecular flexibility index (Phi) is 4.96. The van der Waals surface area contributed by atoms with Crippen LogP contribution in [0.3, 0.4) is 0 Å². The van der Waals surface area contributed by atoms with E-state index in [0.717, 1.165) is 17.7 Å². The molecule has 19 heavy (non-hydrogen) atoms. The van der Waals surface area contributed by atoms with Gasteiger partial charge < -0.3 is 10.4 Å². The molecule has 1 aliphatic carbocycles. The van der Waals surface area contributed by atoms with Crippen molar-refractivity contribution >= 4 is 23.2 Å².